The molecule has 0 aromatic heterocycles. The number of nitrogens with one attached hydrogen (secondary N) is 1. The quantitative estimate of drug-likeness (QED) is 0.239. The van der Waals surface area contributed by atoms with Crippen LogP contribution in [0.25, 0.3) is 6.08 Å². The number of amides is 2. The first-order chi connectivity index (χ1) is 16.9. The fourth-order valence-corrected chi connectivity index (χ4v) is 4.13. The molecule has 9 heteroatoms. The summed E-state index contributed by atoms with van der Waals surface area (Å²) in [5.41, 5.74) is 1.86. The molecule has 1 N–H and O–H groups in total. The number of nitrogens with zero attached hydrogens (tertiary/aromatic N) is 1. The van der Waals surface area contributed by atoms with Crippen molar-refractivity contribution in [2.75, 3.05) is 11.5 Å². The molecular weight excluding hydrogens is 507 g/mol. The molecule has 1 heterocycles. The van der Waals surface area contributed by atoms with Crippen molar-refractivity contribution in [3.05, 3.63) is 93.5 Å². The van der Waals surface area contributed by atoms with E-state index in [-0.39, 0.29) is 22.3 Å². The highest BCUT2D eigenvalue weighted by Gasteiger charge is 2.34. The Kier molecular flexibility index (Phi) is 7.70. The van der Waals surface area contributed by atoms with Gasteiger partial charge in [0.15, 0.2) is 16.6 Å². The zero-order valence-electron chi connectivity index (χ0n) is 18.6. The van der Waals surface area contributed by atoms with Crippen molar-refractivity contribution in [1.82, 2.24) is 5.32 Å². The van der Waals surface area contributed by atoms with E-state index in [0.717, 1.165) is 5.56 Å². The summed E-state index contributed by atoms with van der Waals surface area (Å²) < 4.78 is 11.7. The number of benzene rings is 3. The molecule has 6 nitrogen and oxygen atoms in total. The lowest BCUT2D eigenvalue weighted by molar-refractivity contribution is -0.122. The average Bonchev–Trinajstić information content (AvgIpc) is 2.83. The molecule has 1 aliphatic rings. The Morgan fingerprint density at radius 1 is 1.00 bits per heavy atom. The van der Waals surface area contributed by atoms with Crippen LogP contribution in [0.15, 0.2) is 72.3 Å². The van der Waals surface area contributed by atoms with Gasteiger partial charge in [-0.3, -0.25) is 19.8 Å². The van der Waals surface area contributed by atoms with Crippen LogP contribution < -0.4 is 19.7 Å². The van der Waals surface area contributed by atoms with Crippen LogP contribution in [-0.2, 0) is 16.2 Å². The second-order valence-electron chi connectivity index (χ2n) is 7.47. The Labute approximate surface area is 218 Å². The third-order valence-corrected chi connectivity index (χ3v) is 5.87. The molecule has 2 amide bonds. The molecule has 0 atom stereocenters. The Balaban J connectivity index is 1.65. The van der Waals surface area contributed by atoms with Crippen LogP contribution in [0.1, 0.15) is 18.1 Å². The van der Waals surface area contributed by atoms with Gasteiger partial charge >= 0.3 is 0 Å². The number of hydrogen-bond donors (Lipinski definition) is 1. The maximum atomic E-state index is 13.2. The molecule has 1 fully saturated rings. The SMILES string of the molecule is CCOc1cc(/C=C2\C(=O)NC(=S)N(c3ccccc3)C2=O)cc(Cl)c1OCc1ccc(Cl)cc1. The van der Waals surface area contributed by atoms with Gasteiger partial charge in [-0.05, 0) is 72.7 Å². The van der Waals surface area contributed by atoms with Gasteiger partial charge < -0.3 is 9.47 Å². The van der Waals surface area contributed by atoms with Gasteiger partial charge in [0, 0.05) is 5.02 Å². The third kappa shape index (κ3) is 5.65. The summed E-state index contributed by atoms with van der Waals surface area (Å²) >= 11 is 17.7. The van der Waals surface area contributed by atoms with Gasteiger partial charge in [0.05, 0.1) is 17.3 Å². The summed E-state index contributed by atoms with van der Waals surface area (Å²) in [4.78, 5) is 27.1. The van der Waals surface area contributed by atoms with E-state index in [1.54, 1.807) is 48.5 Å². The van der Waals surface area contributed by atoms with Crippen molar-refractivity contribution in [2.24, 2.45) is 0 Å². The Morgan fingerprint density at radius 3 is 2.40 bits per heavy atom. The molecule has 0 unspecified atom stereocenters. The number of anilines is 1. The molecule has 0 aliphatic carbocycles. The zero-order valence-corrected chi connectivity index (χ0v) is 20.9. The summed E-state index contributed by atoms with van der Waals surface area (Å²) in [6.45, 7) is 2.45. The maximum absolute atomic E-state index is 13.2. The van der Waals surface area contributed by atoms with Crippen molar-refractivity contribution >= 4 is 64.1 Å². The number of hydrogen-bond acceptors (Lipinski definition) is 5. The van der Waals surface area contributed by atoms with E-state index in [1.165, 1.54) is 11.0 Å². The third-order valence-electron chi connectivity index (χ3n) is 5.06. The fraction of sp³-hybridized carbons (Fsp3) is 0.115. The van der Waals surface area contributed by atoms with E-state index < -0.39 is 11.8 Å². The van der Waals surface area contributed by atoms with Gasteiger partial charge in [0.2, 0.25) is 0 Å². The monoisotopic (exact) mass is 526 g/mol. The van der Waals surface area contributed by atoms with Crippen LogP contribution in [-0.4, -0.2) is 23.5 Å². The Morgan fingerprint density at radius 2 is 1.71 bits per heavy atom. The minimum Gasteiger partial charge on any atom is -0.490 e. The lowest BCUT2D eigenvalue weighted by Crippen LogP contribution is -2.54. The summed E-state index contributed by atoms with van der Waals surface area (Å²) in [5.74, 6) is -0.386. The second kappa shape index (κ2) is 10.9. The fourth-order valence-electron chi connectivity index (χ4n) is 3.45. The second-order valence-corrected chi connectivity index (χ2v) is 8.70. The van der Waals surface area contributed by atoms with Crippen molar-refractivity contribution in [2.45, 2.75) is 13.5 Å². The topological polar surface area (TPSA) is 67.9 Å². The smallest absolute Gasteiger partial charge is 0.270 e. The Hall–Kier alpha value is -3.39. The van der Waals surface area contributed by atoms with E-state index in [0.29, 0.717) is 34.4 Å². The summed E-state index contributed by atoms with van der Waals surface area (Å²) in [6, 6.07) is 19.4. The van der Waals surface area contributed by atoms with Gasteiger partial charge in [-0.25, -0.2) is 0 Å². The van der Waals surface area contributed by atoms with E-state index >= 15 is 0 Å². The molecule has 4 rings (SSSR count). The summed E-state index contributed by atoms with van der Waals surface area (Å²) in [5, 5.41) is 3.49. The number of carbonyl (C=O) groups excluding carboxylic acids is 2. The van der Waals surface area contributed by atoms with Crippen molar-refractivity contribution in [1.29, 1.82) is 0 Å². The number of para-hydroxylation sites is 1. The number of halogens is 2. The molecule has 35 heavy (non-hydrogen) atoms. The molecule has 0 saturated carbocycles. The normalized spacial score (nSPS) is 14.8. The first-order valence-electron chi connectivity index (χ1n) is 10.7. The van der Waals surface area contributed by atoms with Crippen LogP contribution in [0.3, 0.4) is 0 Å². The molecular formula is C26H20Cl2N2O4S. The van der Waals surface area contributed by atoms with Crippen molar-refractivity contribution < 1.29 is 19.1 Å². The standard InChI is InChI=1S/C26H20Cl2N2O4S/c1-2-33-22-14-17(13-21(28)23(22)34-15-16-8-10-18(27)11-9-16)12-20-24(31)29-26(35)30(25(20)32)19-6-4-3-5-7-19/h3-14H,2,15H2,1H3,(H,29,31,35)/b20-12+. The average molecular weight is 527 g/mol. The van der Waals surface area contributed by atoms with Crippen LogP contribution in [0.4, 0.5) is 5.69 Å². The van der Waals surface area contributed by atoms with Gasteiger partial charge in [-0.15, -0.1) is 0 Å². The Bertz CT molecular complexity index is 1310. The number of thiocarbonyl (C=S) groups is 1. The highest BCUT2D eigenvalue weighted by atomic mass is 35.5. The van der Waals surface area contributed by atoms with E-state index in [2.05, 4.69) is 5.32 Å². The minimum absolute atomic E-state index is 0.0161. The molecule has 1 aliphatic heterocycles. The van der Waals surface area contributed by atoms with Gasteiger partial charge in [0.1, 0.15) is 12.2 Å². The molecule has 0 bridgehead atoms. The van der Waals surface area contributed by atoms with E-state index in [1.807, 2.05) is 25.1 Å². The summed E-state index contributed by atoms with van der Waals surface area (Å²) in [7, 11) is 0. The highest BCUT2D eigenvalue weighted by Crippen LogP contribution is 2.38. The van der Waals surface area contributed by atoms with Gasteiger partial charge in [-0.1, -0.05) is 53.5 Å². The van der Waals surface area contributed by atoms with E-state index in [4.69, 9.17) is 44.9 Å². The molecule has 3 aromatic rings. The van der Waals surface area contributed by atoms with Crippen LogP contribution in [0.5, 0.6) is 11.5 Å². The molecule has 1 saturated heterocycles. The minimum atomic E-state index is -0.593. The van der Waals surface area contributed by atoms with Gasteiger partial charge in [0.25, 0.3) is 11.8 Å². The molecule has 0 radical (unpaired) electrons. The lowest BCUT2D eigenvalue weighted by atomic mass is 10.1. The van der Waals surface area contributed by atoms with E-state index in [9.17, 15) is 9.59 Å². The number of rotatable bonds is 7. The molecule has 0 spiro atoms. The van der Waals surface area contributed by atoms with Crippen molar-refractivity contribution in [3.63, 3.8) is 0 Å². The maximum Gasteiger partial charge on any atom is 0.270 e. The molecule has 178 valence electrons. The zero-order chi connectivity index (χ0) is 24.9. The number of carbonyl (C=O) groups is 2. The lowest BCUT2D eigenvalue weighted by Gasteiger charge is -2.28. The van der Waals surface area contributed by atoms with Crippen LogP contribution >= 0.6 is 35.4 Å². The highest BCUT2D eigenvalue weighted by molar-refractivity contribution is 7.80. The first kappa shape index (κ1) is 24.7. The first-order valence-corrected chi connectivity index (χ1v) is 11.8. The predicted molar refractivity (Wildman–Crippen MR) is 141 cm³/mol. The van der Waals surface area contributed by atoms with Crippen LogP contribution in [0.2, 0.25) is 10.0 Å². The number of ether oxygens (including phenoxy) is 2. The van der Waals surface area contributed by atoms with Crippen LogP contribution in [0, 0.1) is 0 Å². The van der Waals surface area contributed by atoms with Crippen molar-refractivity contribution in [3.8, 4) is 11.5 Å². The predicted octanol–water partition coefficient (Wildman–Crippen LogP) is 5.80. The van der Waals surface area contributed by atoms with Gasteiger partial charge in [-0.2, -0.15) is 0 Å². The largest absolute Gasteiger partial charge is 0.490 e. The summed E-state index contributed by atoms with van der Waals surface area (Å²) in [6.07, 6.45) is 1.45. The molecule has 3 aromatic carbocycles.